The number of fused-ring (bicyclic) bond motifs is 3. The number of furan rings is 1. The second-order valence-corrected chi connectivity index (χ2v) is 6.85. The predicted octanol–water partition coefficient (Wildman–Crippen LogP) is 5.68. The highest BCUT2D eigenvalue weighted by Gasteiger charge is 2.26. The smallest absolute Gasteiger partial charge is 0.135 e. The molecule has 0 atom stereocenters. The van der Waals surface area contributed by atoms with E-state index in [1.807, 2.05) is 12.1 Å². The van der Waals surface area contributed by atoms with Crippen LogP contribution in [0.15, 0.2) is 82.9 Å². The van der Waals surface area contributed by atoms with Crippen molar-refractivity contribution in [2.24, 2.45) is 0 Å². The van der Waals surface area contributed by atoms with E-state index in [0.29, 0.717) is 0 Å². The van der Waals surface area contributed by atoms with E-state index in [4.69, 9.17) is 4.42 Å². The zero-order valence-corrected chi connectivity index (χ0v) is 14.9. The summed E-state index contributed by atoms with van der Waals surface area (Å²) in [7, 11) is 2.15. The minimum Gasteiger partial charge on any atom is -0.456 e. The average molecular weight is 340 g/mol. The first-order valence-electron chi connectivity index (χ1n) is 8.88. The third-order valence-corrected chi connectivity index (χ3v) is 5.20. The van der Waals surface area contributed by atoms with E-state index in [1.165, 1.54) is 33.4 Å². The van der Waals surface area contributed by atoms with Crippen LogP contribution in [0, 0.1) is 0 Å². The summed E-state index contributed by atoms with van der Waals surface area (Å²) in [5.74, 6) is 0. The van der Waals surface area contributed by atoms with Crippen LogP contribution >= 0.6 is 0 Å². The molecule has 1 aliphatic heterocycles. The highest BCUT2D eigenvalue weighted by Crippen LogP contribution is 2.36. The number of nitrogens with zero attached hydrogens (tertiary/aromatic N) is 2. The third-order valence-electron chi connectivity index (χ3n) is 5.20. The van der Waals surface area contributed by atoms with E-state index in [1.54, 1.807) is 0 Å². The van der Waals surface area contributed by atoms with E-state index >= 15 is 0 Å². The molecule has 2 heterocycles. The van der Waals surface area contributed by atoms with Crippen molar-refractivity contribution < 1.29 is 4.42 Å². The summed E-state index contributed by atoms with van der Waals surface area (Å²) in [4.78, 5) is 4.67. The Morgan fingerprint density at radius 2 is 1.54 bits per heavy atom. The molecule has 0 N–H and O–H groups in total. The van der Waals surface area contributed by atoms with Crippen LogP contribution in [0.3, 0.4) is 0 Å². The fourth-order valence-electron chi connectivity index (χ4n) is 3.98. The number of para-hydroxylation sites is 2. The predicted molar refractivity (Wildman–Crippen MR) is 108 cm³/mol. The van der Waals surface area contributed by atoms with Crippen LogP contribution in [-0.2, 0) is 0 Å². The molecule has 4 aromatic rings. The van der Waals surface area contributed by atoms with Gasteiger partial charge in [0.1, 0.15) is 11.2 Å². The SMILES string of the molecule is CC1=C(c2ccc3oc4ccccc4c3c2)N(C)CN1c1ccccc1. The summed E-state index contributed by atoms with van der Waals surface area (Å²) >= 11 is 0. The fourth-order valence-corrected chi connectivity index (χ4v) is 3.98. The molecule has 0 fully saturated rings. The molecule has 5 rings (SSSR count). The molecule has 0 saturated carbocycles. The highest BCUT2D eigenvalue weighted by molar-refractivity contribution is 6.05. The molecule has 3 aromatic carbocycles. The van der Waals surface area contributed by atoms with E-state index in [-0.39, 0.29) is 0 Å². The Morgan fingerprint density at radius 1 is 0.808 bits per heavy atom. The Labute approximate surface area is 152 Å². The average Bonchev–Trinajstić information content (AvgIpc) is 3.19. The van der Waals surface area contributed by atoms with Crippen molar-refractivity contribution in [2.45, 2.75) is 6.92 Å². The zero-order valence-electron chi connectivity index (χ0n) is 14.9. The highest BCUT2D eigenvalue weighted by atomic mass is 16.3. The van der Waals surface area contributed by atoms with Crippen LogP contribution in [0.4, 0.5) is 5.69 Å². The molecular formula is C23H20N2O. The van der Waals surface area contributed by atoms with Crippen molar-refractivity contribution >= 4 is 33.3 Å². The molecule has 1 aliphatic rings. The van der Waals surface area contributed by atoms with E-state index in [2.05, 4.69) is 84.4 Å². The van der Waals surface area contributed by atoms with Crippen molar-refractivity contribution in [3.8, 4) is 0 Å². The largest absolute Gasteiger partial charge is 0.456 e. The molecule has 0 unspecified atom stereocenters. The number of anilines is 1. The van der Waals surface area contributed by atoms with Gasteiger partial charge >= 0.3 is 0 Å². The number of hydrogen-bond acceptors (Lipinski definition) is 3. The monoisotopic (exact) mass is 340 g/mol. The van der Waals surface area contributed by atoms with Gasteiger partial charge in [0.2, 0.25) is 0 Å². The molecule has 0 bridgehead atoms. The van der Waals surface area contributed by atoms with Gasteiger partial charge in [0.25, 0.3) is 0 Å². The summed E-state index contributed by atoms with van der Waals surface area (Å²) in [6.45, 7) is 3.05. The van der Waals surface area contributed by atoms with E-state index in [9.17, 15) is 0 Å². The molecule has 3 nitrogen and oxygen atoms in total. The van der Waals surface area contributed by atoms with Crippen LogP contribution in [0.2, 0.25) is 0 Å². The van der Waals surface area contributed by atoms with Crippen molar-refractivity contribution in [3.05, 3.63) is 84.1 Å². The van der Waals surface area contributed by atoms with Crippen molar-refractivity contribution in [1.82, 2.24) is 4.90 Å². The molecule has 1 aromatic heterocycles. The Balaban J connectivity index is 1.66. The van der Waals surface area contributed by atoms with Gasteiger partial charge in [-0.15, -0.1) is 0 Å². The topological polar surface area (TPSA) is 19.6 Å². The van der Waals surface area contributed by atoms with Gasteiger partial charge in [0.15, 0.2) is 0 Å². The fraction of sp³-hybridized carbons (Fsp3) is 0.130. The number of rotatable bonds is 2. The Kier molecular flexibility index (Phi) is 3.29. The summed E-state index contributed by atoms with van der Waals surface area (Å²) < 4.78 is 5.97. The lowest BCUT2D eigenvalue weighted by atomic mass is 10.1. The molecule has 0 aliphatic carbocycles. The summed E-state index contributed by atoms with van der Waals surface area (Å²) in [6, 6.07) is 25.3. The lowest BCUT2D eigenvalue weighted by molar-refractivity contribution is 0.516. The first kappa shape index (κ1) is 15.1. The molecule has 0 radical (unpaired) electrons. The minimum atomic E-state index is 0.856. The number of hydrogen-bond donors (Lipinski definition) is 0. The summed E-state index contributed by atoms with van der Waals surface area (Å²) in [5.41, 5.74) is 6.86. The van der Waals surface area contributed by atoms with Gasteiger partial charge in [-0.1, -0.05) is 36.4 Å². The van der Waals surface area contributed by atoms with Crippen LogP contribution in [0.25, 0.3) is 27.6 Å². The maximum absolute atomic E-state index is 5.97. The third kappa shape index (κ3) is 2.21. The number of allylic oxidation sites excluding steroid dienone is 1. The number of benzene rings is 3. The lowest BCUT2D eigenvalue weighted by Crippen LogP contribution is -2.24. The Bertz CT molecular complexity index is 1140. The van der Waals surface area contributed by atoms with Crippen molar-refractivity contribution in [2.75, 3.05) is 18.6 Å². The Hall–Kier alpha value is -3.20. The van der Waals surface area contributed by atoms with Crippen LogP contribution < -0.4 is 4.90 Å². The van der Waals surface area contributed by atoms with E-state index < -0.39 is 0 Å². The van der Waals surface area contributed by atoms with Gasteiger partial charge in [0.05, 0.1) is 12.4 Å². The van der Waals surface area contributed by atoms with Crippen LogP contribution in [-0.4, -0.2) is 18.6 Å². The molecule has 0 saturated heterocycles. The summed E-state index contributed by atoms with van der Waals surface area (Å²) in [5, 5.41) is 2.34. The molecular weight excluding hydrogens is 320 g/mol. The maximum Gasteiger partial charge on any atom is 0.135 e. The first-order chi connectivity index (χ1) is 12.7. The standard InChI is InChI=1S/C23H20N2O/c1-16-23(24(2)15-25(16)18-8-4-3-5-9-18)17-12-13-22-20(14-17)19-10-6-7-11-21(19)26-22/h3-14H,15H2,1-2H3. The second-order valence-electron chi connectivity index (χ2n) is 6.85. The molecule has 26 heavy (non-hydrogen) atoms. The molecule has 0 spiro atoms. The second kappa shape index (κ2) is 5.67. The molecule has 3 heteroatoms. The van der Waals surface area contributed by atoms with Gasteiger partial charge in [0, 0.05) is 34.8 Å². The van der Waals surface area contributed by atoms with Gasteiger partial charge in [-0.25, -0.2) is 0 Å². The minimum absolute atomic E-state index is 0.856. The van der Waals surface area contributed by atoms with Gasteiger partial charge in [-0.3, -0.25) is 0 Å². The van der Waals surface area contributed by atoms with Crippen molar-refractivity contribution in [1.29, 1.82) is 0 Å². The molecule has 128 valence electrons. The van der Waals surface area contributed by atoms with Crippen LogP contribution in [0.5, 0.6) is 0 Å². The Morgan fingerprint density at radius 3 is 2.38 bits per heavy atom. The van der Waals surface area contributed by atoms with Crippen molar-refractivity contribution in [3.63, 3.8) is 0 Å². The summed E-state index contributed by atoms with van der Waals surface area (Å²) in [6.07, 6.45) is 0. The zero-order chi connectivity index (χ0) is 17.7. The first-order valence-corrected chi connectivity index (χ1v) is 8.88. The van der Waals surface area contributed by atoms with Gasteiger partial charge < -0.3 is 14.2 Å². The lowest BCUT2D eigenvalue weighted by Gasteiger charge is -2.20. The normalized spacial score (nSPS) is 14.8. The van der Waals surface area contributed by atoms with Crippen LogP contribution in [0.1, 0.15) is 12.5 Å². The van der Waals surface area contributed by atoms with Gasteiger partial charge in [-0.2, -0.15) is 0 Å². The van der Waals surface area contributed by atoms with E-state index in [0.717, 1.165) is 17.8 Å². The maximum atomic E-state index is 5.97. The van der Waals surface area contributed by atoms with Gasteiger partial charge in [-0.05, 0) is 43.3 Å². The quantitative estimate of drug-likeness (QED) is 0.468. The molecule has 0 amide bonds.